The second kappa shape index (κ2) is 7.07. The van der Waals surface area contributed by atoms with Gasteiger partial charge in [0.15, 0.2) is 0 Å². The summed E-state index contributed by atoms with van der Waals surface area (Å²) in [5, 5.41) is 0. The van der Waals surface area contributed by atoms with Gasteiger partial charge in [-0.3, -0.25) is 14.6 Å². The van der Waals surface area contributed by atoms with Crippen molar-refractivity contribution in [1.29, 1.82) is 0 Å². The first-order valence-electron chi connectivity index (χ1n) is 8.08. The highest BCUT2D eigenvalue weighted by molar-refractivity contribution is 6.16. The average molecular weight is 329 g/mol. The maximum atomic E-state index is 12.1. The van der Waals surface area contributed by atoms with Gasteiger partial charge in [0.05, 0.1) is 17.4 Å². The number of ketones is 2. The van der Waals surface area contributed by atoms with Crippen molar-refractivity contribution in [2.45, 2.75) is 46.6 Å². The number of hydrogen-bond donors (Lipinski definition) is 0. The molecule has 2 rings (SSSR count). The molecule has 1 aromatic rings. The lowest BCUT2D eigenvalue weighted by Crippen LogP contribution is -2.38. The predicted octanol–water partition coefficient (Wildman–Crippen LogP) is 3.53. The van der Waals surface area contributed by atoms with Crippen LogP contribution in [0.2, 0.25) is 0 Å². The van der Waals surface area contributed by atoms with Crippen molar-refractivity contribution in [3.05, 3.63) is 29.8 Å². The number of benzene rings is 1. The lowest BCUT2D eigenvalue weighted by molar-refractivity contribution is -0.136. The zero-order valence-corrected chi connectivity index (χ0v) is 14.5. The number of ether oxygens (including phenoxy) is 1. The van der Waals surface area contributed by atoms with Crippen molar-refractivity contribution in [3.63, 3.8) is 0 Å². The Hall–Kier alpha value is -2.30. The van der Waals surface area contributed by atoms with Gasteiger partial charge in [0.25, 0.3) is 0 Å². The fraction of sp³-hybridized carbons (Fsp3) is 0.474. The van der Waals surface area contributed by atoms with Gasteiger partial charge in [-0.25, -0.2) is 4.79 Å². The molecule has 0 atom stereocenters. The second-order valence-corrected chi connectivity index (χ2v) is 7.21. The van der Waals surface area contributed by atoms with Crippen molar-refractivity contribution in [2.75, 3.05) is 0 Å². The van der Waals surface area contributed by atoms with E-state index in [1.54, 1.807) is 38.1 Å². The normalized spacial score (nSPS) is 18.4. The van der Waals surface area contributed by atoms with Crippen molar-refractivity contribution < 1.29 is 19.1 Å². The van der Waals surface area contributed by atoms with Gasteiger partial charge in [-0.1, -0.05) is 13.8 Å². The van der Waals surface area contributed by atoms with E-state index in [4.69, 9.17) is 4.74 Å². The third-order valence-electron chi connectivity index (χ3n) is 3.82. The lowest BCUT2D eigenvalue weighted by Gasteiger charge is -2.30. The lowest BCUT2D eigenvalue weighted by atomic mass is 9.72. The monoisotopic (exact) mass is 329 g/mol. The number of nitrogens with zero attached hydrogens (tertiary/aromatic N) is 1. The van der Waals surface area contributed by atoms with E-state index >= 15 is 0 Å². The van der Waals surface area contributed by atoms with Gasteiger partial charge in [-0.2, -0.15) is 0 Å². The molecule has 0 amide bonds. The van der Waals surface area contributed by atoms with Gasteiger partial charge < -0.3 is 4.74 Å². The number of rotatable bonds is 4. The molecule has 1 aliphatic carbocycles. The molecule has 0 N–H and O–H groups in total. The van der Waals surface area contributed by atoms with Crippen LogP contribution in [0.5, 0.6) is 0 Å². The van der Waals surface area contributed by atoms with Crippen LogP contribution in [-0.4, -0.2) is 29.9 Å². The Morgan fingerprint density at radius 2 is 1.71 bits per heavy atom. The molecule has 0 aromatic heterocycles. The molecule has 0 bridgehead atoms. The highest BCUT2D eigenvalue weighted by Crippen LogP contribution is 2.33. The number of Topliss-reactive ketones (excluding diaryl/α,β-unsaturated/α-hetero) is 2. The van der Waals surface area contributed by atoms with E-state index in [1.165, 1.54) is 6.21 Å². The third kappa shape index (κ3) is 4.60. The summed E-state index contributed by atoms with van der Waals surface area (Å²) in [6.07, 6.45) is 2.01. The largest absolute Gasteiger partial charge is 0.459 e. The molecule has 0 aliphatic heterocycles. The standard InChI is InChI=1S/C19H23NO4/c1-12(2)24-18(23)13-5-7-14(8-6-13)20-11-15-16(21)9-19(3,4)10-17(15)22/h5-8,11-12,15H,9-10H2,1-4H3. The highest BCUT2D eigenvalue weighted by atomic mass is 16.5. The summed E-state index contributed by atoms with van der Waals surface area (Å²) in [5.74, 6) is -1.32. The molecule has 0 radical (unpaired) electrons. The SMILES string of the molecule is CC(C)OC(=O)c1ccc(N=CC2C(=O)CC(C)(C)CC2=O)cc1. The quantitative estimate of drug-likeness (QED) is 0.481. The van der Waals surface area contributed by atoms with E-state index in [-0.39, 0.29) is 29.1 Å². The first-order valence-corrected chi connectivity index (χ1v) is 8.08. The summed E-state index contributed by atoms with van der Waals surface area (Å²) in [5.41, 5.74) is 0.757. The fourth-order valence-electron chi connectivity index (χ4n) is 2.70. The van der Waals surface area contributed by atoms with Crippen LogP contribution in [0.3, 0.4) is 0 Å². The summed E-state index contributed by atoms with van der Waals surface area (Å²) < 4.78 is 5.11. The van der Waals surface area contributed by atoms with Crippen molar-refractivity contribution in [1.82, 2.24) is 0 Å². The fourth-order valence-corrected chi connectivity index (χ4v) is 2.70. The van der Waals surface area contributed by atoms with Gasteiger partial charge in [0.2, 0.25) is 0 Å². The van der Waals surface area contributed by atoms with Crippen LogP contribution in [0.4, 0.5) is 5.69 Å². The zero-order chi connectivity index (χ0) is 17.9. The molecular formula is C19H23NO4. The van der Waals surface area contributed by atoms with E-state index in [2.05, 4.69) is 4.99 Å². The van der Waals surface area contributed by atoms with Crippen LogP contribution in [0, 0.1) is 11.3 Å². The number of carbonyl (C=O) groups excluding carboxylic acids is 3. The Labute approximate surface area is 142 Å². The minimum absolute atomic E-state index is 0.0860. The molecule has 128 valence electrons. The minimum Gasteiger partial charge on any atom is -0.459 e. The van der Waals surface area contributed by atoms with Crippen LogP contribution >= 0.6 is 0 Å². The molecule has 0 heterocycles. The summed E-state index contributed by atoms with van der Waals surface area (Å²) in [4.78, 5) is 40.2. The number of carbonyl (C=O) groups is 3. The maximum Gasteiger partial charge on any atom is 0.338 e. The molecule has 5 heteroatoms. The molecule has 1 fully saturated rings. The molecule has 1 aromatic carbocycles. The molecule has 1 aliphatic rings. The molecule has 24 heavy (non-hydrogen) atoms. The van der Waals surface area contributed by atoms with E-state index in [0.29, 0.717) is 24.1 Å². The molecule has 0 spiro atoms. The molecule has 5 nitrogen and oxygen atoms in total. The van der Waals surface area contributed by atoms with Gasteiger partial charge in [-0.15, -0.1) is 0 Å². The number of hydrogen-bond acceptors (Lipinski definition) is 5. The Bertz CT molecular complexity index is 651. The number of aliphatic imine (C=N–C) groups is 1. The Balaban J connectivity index is 2.06. The number of esters is 1. The van der Waals surface area contributed by atoms with E-state index in [1.807, 2.05) is 13.8 Å². The van der Waals surface area contributed by atoms with Crippen LogP contribution in [0.1, 0.15) is 50.9 Å². The van der Waals surface area contributed by atoms with Crippen molar-refractivity contribution in [3.8, 4) is 0 Å². The second-order valence-electron chi connectivity index (χ2n) is 7.21. The van der Waals surface area contributed by atoms with Crippen LogP contribution < -0.4 is 0 Å². The topological polar surface area (TPSA) is 72.8 Å². The Morgan fingerprint density at radius 1 is 1.17 bits per heavy atom. The van der Waals surface area contributed by atoms with Gasteiger partial charge >= 0.3 is 5.97 Å². The molecular weight excluding hydrogens is 306 g/mol. The molecule has 0 saturated heterocycles. The predicted molar refractivity (Wildman–Crippen MR) is 91.7 cm³/mol. The van der Waals surface area contributed by atoms with Gasteiger partial charge in [-0.05, 0) is 43.5 Å². The van der Waals surface area contributed by atoms with Crippen LogP contribution in [0.25, 0.3) is 0 Å². The van der Waals surface area contributed by atoms with E-state index in [0.717, 1.165) is 0 Å². The third-order valence-corrected chi connectivity index (χ3v) is 3.82. The van der Waals surface area contributed by atoms with Crippen LogP contribution in [-0.2, 0) is 14.3 Å². The summed E-state index contributed by atoms with van der Waals surface area (Å²) in [7, 11) is 0. The van der Waals surface area contributed by atoms with Crippen molar-refractivity contribution >= 4 is 29.4 Å². The summed E-state index contributed by atoms with van der Waals surface area (Å²) >= 11 is 0. The van der Waals surface area contributed by atoms with Crippen LogP contribution in [0.15, 0.2) is 29.3 Å². The van der Waals surface area contributed by atoms with Gasteiger partial charge in [0, 0.05) is 19.1 Å². The maximum absolute atomic E-state index is 12.1. The first kappa shape index (κ1) is 18.0. The highest BCUT2D eigenvalue weighted by Gasteiger charge is 2.38. The first-order chi connectivity index (χ1) is 11.2. The molecule has 1 saturated carbocycles. The molecule has 0 unspecified atom stereocenters. The Kier molecular flexibility index (Phi) is 5.32. The smallest absolute Gasteiger partial charge is 0.338 e. The minimum atomic E-state index is -0.761. The summed E-state index contributed by atoms with van der Waals surface area (Å²) in [6.45, 7) is 7.42. The average Bonchev–Trinajstić information content (AvgIpc) is 2.45. The van der Waals surface area contributed by atoms with Crippen molar-refractivity contribution in [2.24, 2.45) is 16.3 Å². The van der Waals surface area contributed by atoms with E-state index in [9.17, 15) is 14.4 Å². The Morgan fingerprint density at radius 3 is 2.21 bits per heavy atom. The van der Waals surface area contributed by atoms with E-state index < -0.39 is 5.92 Å². The summed E-state index contributed by atoms with van der Waals surface area (Å²) in [6, 6.07) is 6.56. The van der Waals surface area contributed by atoms with Gasteiger partial charge in [0.1, 0.15) is 17.5 Å². The zero-order valence-electron chi connectivity index (χ0n) is 14.5.